The average molecular weight is 241 g/mol. The number of ether oxygens (including phenoxy) is 1. The van der Waals surface area contributed by atoms with Crippen LogP contribution in [0.15, 0.2) is 23.3 Å². The van der Waals surface area contributed by atoms with Crippen LogP contribution in [0.3, 0.4) is 0 Å². The van der Waals surface area contributed by atoms with Crippen LogP contribution in [0.25, 0.3) is 0 Å². The molecular weight excluding hydrogens is 226 g/mol. The monoisotopic (exact) mass is 241 g/mol. The van der Waals surface area contributed by atoms with E-state index in [9.17, 15) is 0 Å². The molecule has 0 saturated heterocycles. The van der Waals surface area contributed by atoms with Crippen LogP contribution in [0, 0.1) is 23.2 Å². The first-order chi connectivity index (χ1) is 8.78. The largest absolute Gasteiger partial charge is 0.496 e. The molecule has 0 atom stereocenters. The van der Waals surface area contributed by atoms with Crippen molar-refractivity contribution in [3.8, 4) is 17.6 Å². The molecule has 0 bridgehead atoms. The van der Waals surface area contributed by atoms with Crippen LogP contribution in [0.4, 0.5) is 0 Å². The van der Waals surface area contributed by atoms with Gasteiger partial charge in [-0.2, -0.15) is 5.10 Å². The Balaban J connectivity index is 2.33. The van der Waals surface area contributed by atoms with Crippen LogP contribution in [-0.4, -0.2) is 19.0 Å². The van der Waals surface area contributed by atoms with Crippen molar-refractivity contribution in [2.75, 3.05) is 7.11 Å². The number of hydrazone groups is 1. The number of nitrogens with zero attached hydrogens (tertiary/aromatic N) is 1. The summed E-state index contributed by atoms with van der Waals surface area (Å²) in [6.07, 6.45) is 3.52. The molecule has 1 saturated carbocycles. The van der Waals surface area contributed by atoms with Gasteiger partial charge in [0.1, 0.15) is 11.5 Å². The number of rotatable bonds is 3. The van der Waals surface area contributed by atoms with Crippen LogP contribution >= 0.6 is 0 Å². The second-order valence-electron chi connectivity index (χ2n) is 4.12. The van der Waals surface area contributed by atoms with E-state index in [2.05, 4.69) is 16.9 Å². The minimum absolute atomic E-state index is 0.383. The van der Waals surface area contributed by atoms with E-state index in [0.29, 0.717) is 22.9 Å². The Kier molecular flexibility index (Phi) is 3.63. The second-order valence-corrected chi connectivity index (χ2v) is 4.12. The van der Waals surface area contributed by atoms with Gasteiger partial charge in [-0.15, -0.1) is 0 Å². The molecule has 18 heavy (non-hydrogen) atoms. The van der Waals surface area contributed by atoms with E-state index in [4.69, 9.17) is 16.0 Å². The number of nitrogens with two attached hydrogens (primary N) is 1. The SMILES string of the molecule is COc1cc(C#CC2CC2)ccc1/C(C=N)=N/N. The summed E-state index contributed by atoms with van der Waals surface area (Å²) in [5, 5.41) is 10.8. The summed E-state index contributed by atoms with van der Waals surface area (Å²) in [7, 11) is 1.58. The number of methoxy groups -OCH3 is 1. The van der Waals surface area contributed by atoms with Gasteiger partial charge in [-0.25, -0.2) is 0 Å². The van der Waals surface area contributed by atoms with Crippen LogP contribution < -0.4 is 10.6 Å². The van der Waals surface area contributed by atoms with Gasteiger partial charge in [-0.1, -0.05) is 11.8 Å². The van der Waals surface area contributed by atoms with Crippen LogP contribution in [0.1, 0.15) is 24.0 Å². The Hall–Kier alpha value is -2.28. The fourth-order valence-electron chi connectivity index (χ4n) is 1.58. The molecule has 0 unspecified atom stereocenters. The Morgan fingerprint density at radius 2 is 2.33 bits per heavy atom. The van der Waals surface area contributed by atoms with Crippen molar-refractivity contribution >= 4 is 11.9 Å². The zero-order valence-corrected chi connectivity index (χ0v) is 10.2. The van der Waals surface area contributed by atoms with Crippen molar-refractivity contribution in [1.82, 2.24) is 0 Å². The van der Waals surface area contributed by atoms with Crippen molar-refractivity contribution in [3.63, 3.8) is 0 Å². The summed E-state index contributed by atoms with van der Waals surface area (Å²) in [6, 6.07) is 5.56. The van der Waals surface area contributed by atoms with Gasteiger partial charge in [0.25, 0.3) is 0 Å². The van der Waals surface area contributed by atoms with E-state index in [1.807, 2.05) is 18.2 Å². The van der Waals surface area contributed by atoms with Gasteiger partial charge in [0.15, 0.2) is 0 Å². The maximum absolute atomic E-state index is 7.25. The molecule has 4 nitrogen and oxygen atoms in total. The lowest BCUT2D eigenvalue weighted by Crippen LogP contribution is -2.07. The molecule has 0 amide bonds. The third kappa shape index (κ3) is 2.69. The zero-order chi connectivity index (χ0) is 13.0. The van der Waals surface area contributed by atoms with Crippen molar-refractivity contribution in [3.05, 3.63) is 29.3 Å². The lowest BCUT2D eigenvalue weighted by atomic mass is 10.1. The average Bonchev–Trinajstić information content (AvgIpc) is 3.22. The Morgan fingerprint density at radius 3 is 2.89 bits per heavy atom. The Labute approximate surface area is 106 Å². The first kappa shape index (κ1) is 12.2. The van der Waals surface area contributed by atoms with Crippen LogP contribution in [0.5, 0.6) is 5.75 Å². The number of benzene rings is 1. The highest BCUT2D eigenvalue weighted by atomic mass is 16.5. The highest BCUT2D eigenvalue weighted by molar-refractivity contribution is 6.38. The number of hydrogen-bond acceptors (Lipinski definition) is 4. The maximum atomic E-state index is 7.25. The molecule has 0 heterocycles. The van der Waals surface area contributed by atoms with E-state index < -0.39 is 0 Å². The first-order valence-corrected chi connectivity index (χ1v) is 5.76. The lowest BCUT2D eigenvalue weighted by Gasteiger charge is -2.07. The smallest absolute Gasteiger partial charge is 0.129 e. The van der Waals surface area contributed by atoms with E-state index in [1.165, 1.54) is 12.8 Å². The number of hydrogen-bond donors (Lipinski definition) is 2. The molecule has 0 spiro atoms. The molecule has 0 aliphatic heterocycles. The summed E-state index contributed by atoms with van der Waals surface area (Å²) in [6.45, 7) is 0. The summed E-state index contributed by atoms with van der Waals surface area (Å²) < 4.78 is 5.29. The Morgan fingerprint density at radius 1 is 1.56 bits per heavy atom. The molecule has 4 heteroatoms. The fourth-order valence-corrected chi connectivity index (χ4v) is 1.58. The van der Waals surface area contributed by atoms with E-state index in [-0.39, 0.29) is 0 Å². The maximum Gasteiger partial charge on any atom is 0.129 e. The van der Waals surface area contributed by atoms with Crippen molar-refractivity contribution in [1.29, 1.82) is 5.41 Å². The van der Waals surface area contributed by atoms with Crippen LogP contribution in [-0.2, 0) is 0 Å². The van der Waals surface area contributed by atoms with Gasteiger partial charge in [-0.05, 0) is 31.0 Å². The molecule has 3 N–H and O–H groups in total. The van der Waals surface area contributed by atoms with E-state index in [0.717, 1.165) is 11.8 Å². The molecule has 1 aromatic rings. The number of nitrogens with one attached hydrogen (secondary N) is 1. The molecule has 0 radical (unpaired) electrons. The predicted octanol–water partition coefficient (Wildman–Crippen LogP) is 1.77. The molecule has 1 aromatic carbocycles. The lowest BCUT2D eigenvalue weighted by molar-refractivity contribution is 0.414. The van der Waals surface area contributed by atoms with Crippen LogP contribution in [0.2, 0.25) is 0 Å². The minimum Gasteiger partial charge on any atom is -0.496 e. The minimum atomic E-state index is 0.383. The predicted molar refractivity (Wildman–Crippen MR) is 72.1 cm³/mol. The first-order valence-electron chi connectivity index (χ1n) is 5.76. The van der Waals surface area contributed by atoms with Gasteiger partial charge >= 0.3 is 0 Å². The van der Waals surface area contributed by atoms with E-state index in [1.54, 1.807) is 7.11 Å². The zero-order valence-electron chi connectivity index (χ0n) is 10.2. The third-order valence-corrected chi connectivity index (χ3v) is 2.75. The second kappa shape index (κ2) is 5.37. The third-order valence-electron chi connectivity index (χ3n) is 2.75. The highest BCUT2D eigenvalue weighted by Gasteiger charge is 2.17. The summed E-state index contributed by atoms with van der Waals surface area (Å²) in [5.74, 6) is 12.8. The van der Waals surface area contributed by atoms with Gasteiger partial charge in [0, 0.05) is 23.3 Å². The summed E-state index contributed by atoms with van der Waals surface area (Å²) in [5.41, 5.74) is 1.99. The highest BCUT2D eigenvalue weighted by Crippen LogP contribution is 2.28. The Bertz CT molecular complexity index is 548. The fraction of sp³-hybridized carbons (Fsp3) is 0.286. The normalized spacial score (nSPS) is 14.6. The molecule has 92 valence electrons. The van der Waals surface area contributed by atoms with Crippen molar-refractivity contribution in [2.24, 2.45) is 16.9 Å². The molecule has 1 aliphatic rings. The molecule has 1 aliphatic carbocycles. The van der Waals surface area contributed by atoms with Crippen molar-refractivity contribution < 1.29 is 4.74 Å². The summed E-state index contributed by atoms with van der Waals surface area (Å²) >= 11 is 0. The van der Waals surface area contributed by atoms with Gasteiger partial charge in [-0.3, -0.25) is 0 Å². The van der Waals surface area contributed by atoms with Gasteiger partial charge < -0.3 is 16.0 Å². The van der Waals surface area contributed by atoms with Gasteiger partial charge in [0.2, 0.25) is 0 Å². The molecule has 2 rings (SSSR count). The topological polar surface area (TPSA) is 71.5 Å². The molecule has 1 fully saturated rings. The molecular formula is C14H15N3O. The standard InChI is InChI=1S/C14H15N3O/c1-18-14-8-11(5-4-10-2-3-10)6-7-12(14)13(9-15)17-16/h6-10,15H,2-3,16H2,1H3/b15-9?,17-13+. The summed E-state index contributed by atoms with van der Waals surface area (Å²) in [4.78, 5) is 0. The quantitative estimate of drug-likeness (QED) is 0.366. The molecule has 0 aromatic heterocycles. The van der Waals surface area contributed by atoms with Gasteiger partial charge in [0.05, 0.1) is 7.11 Å². The van der Waals surface area contributed by atoms with Crippen molar-refractivity contribution in [2.45, 2.75) is 12.8 Å². The van der Waals surface area contributed by atoms with E-state index >= 15 is 0 Å².